The van der Waals surface area contributed by atoms with Crippen LogP contribution >= 0.6 is 12.2 Å². The average Bonchev–Trinajstić information content (AvgIpc) is 2.67. The molecule has 20 heavy (non-hydrogen) atoms. The van der Waals surface area contributed by atoms with E-state index in [1.54, 1.807) is 0 Å². The lowest BCUT2D eigenvalue weighted by Crippen LogP contribution is -2.23. The second kappa shape index (κ2) is 5.19. The lowest BCUT2D eigenvalue weighted by atomic mass is 10.1. The van der Waals surface area contributed by atoms with E-state index in [0.29, 0.717) is 0 Å². The standard InChI is InChI=1S/C12H13F3N2O2S/c13-12(14,15)8-3-6(1-2-7(8)11(16)20)17-4-9(18)10(19)5-17/h1-3,9-10,18-19H,4-5H2,(H2,16,20). The third kappa shape index (κ3) is 2.87. The van der Waals surface area contributed by atoms with Crippen LogP contribution in [-0.4, -0.2) is 40.5 Å². The summed E-state index contributed by atoms with van der Waals surface area (Å²) in [4.78, 5) is 1.15. The smallest absolute Gasteiger partial charge is 0.389 e. The summed E-state index contributed by atoms with van der Waals surface area (Å²) in [5.74, 6) is 0. The highest BCUT2D eigenvalue weighted by Crippen LogP contribution is 2.35. The van der Waals surface area contributed by atoms with Crippen LogP contribution in [0.3, 0.4) is 0 Å². The molecule has 1 aliphatic rings. The van der Waals surface area contributed by atoms with Gasteiger partial charge in [0.2, 0.25) is 0 Å². The Labute approximate surface area is 118 Å². The molecule has 1 fully saturated rings. The topological polar surface area (TPSA) is 69.7 Å². The molecule has 1 aromatic rings. The lowest BCUT2D eigenvalue weighted by Gasteiger charge is -2.21. The first-order chi connectivity index (χ1) is 9.20. The van der Waals surface area contributed by atoms with Gasteiger partial charge in [0.1, 0.15) is 4.99 Å². The zero-order chi connectivity index (χ0) is 15.1. The summed E-state index contributed by atoms with van der Waals surface area (Å²) >= 11 is 4.62. The number of hydrogen-bond acceptors (Lipinski definition) is 4. The SMILES string of the molecule is NC(=S)c1ccc(N2CC(O)C(O)C2)cc1C(F)(F)F. The van der Waals surface area contributed by atoms with Gasteiger partial charge < -0.3 is 20.8 Å². The zero-order valence-corrected chi connectivity index (χ0v) is 11.1. The highest BCUT2D eigenvalue weighted by atomic mass is 32.1. The minimum absolute atomic E-state index is 0.0743. The Morgan fingerprint density at radius 3 is 2.25 bits per heavy atom. The van der Waals surface area contributed by atoms with Crippen molar-refractivity contribution in [2.45, 2.75) is 18.4 Å². The number of rotatable bonds is 2. The first-order valence-electron chi connectivity index (χ1n) is 5.82. The maximum absolute atomic E-state index is 13.0. The fourth-order valence-electron chi connectivity index (χ4n) is 2.16. The van der Waals surface area contributed by atoms with Crippen molar-refractivity contribution in [3.05, 3.63) is 29.3 Å². The number of benzene rings is 1. The first kappa shape index (κ1) is 15.0. The third-order valence-corrected chi connectivity index (χ3v) is 3.42. The maximum atomic E-state index is 13.0. The molecule has 110 valence electrons. The Kier molecular flexibility index (Phi) is 3.90. The van der Waals surface area contributed by atoms with E-state index in [2.05, 4.69) is 12.2 Å². The minimum Gasteiger partial charge on any atom is -0.389 e. The number of halogens is 3. The number of aliphatic hydroxyl groups excluding tert-OH is 2. The van der Waals surface area contributed by atoms with Crippen LogP contribution in [-0.2, 0) is 6.18 Å². The summed E-state index contributed by atoms with van der Waals surface area (Å²) in [6.45, 7) is 0.149. The van der Waals surface area contributed by atoms with Gasteiger partial charge in [0.25, 0.3) is 0 Å². The van der Waals surface area contributed by atoms with Crippen LogP contribution in [0.4, 0.5) is 18.9 Å². The fraction of sp³-hybridized carbons (Fsp3) is 0.417. The van der Waals surface area contributed by atoms with Gasteiger partial charge in [-0.3, -0.25) is 0 Å². The Morgan fingerprint density at radius 2 is 1.80 bits per heavy atom. The molecule has 2 unspecified atom stereocenters. The maximum Gasteiger partial charge on any atom is 0.417 e. The van der Waals surface area contributed by atoms with Gasteiger partial charge in [0.15, 0.2) is 0 Å². The van der Waals surface area contributed by atoms with Crippen molar-refractivity contribution >= 4 is 22.9 Å². The van der Waals surface area contributed by atoms with Crippen LogP contribution in [0.5, 0.6) is 0 Å². The molecule has 0 amide bonds. The molecule has 2 atom stereocenters. The molecule has 0 bridgehead atoms. The second-order valence-electron chi connectivity index (χ2n) is 4.63. The molecule has 0 radical (unpaired) electrons. The van der Waals surface area contributed by atoms with Crippen molar-refractivity contribution in [2.75, 3.05) is 18.0 Å². The summed E-state index contributed by atoms with van der Waals surface area (Å²) in [6.07, 6.45) is -6.52. The number of β-amino-alcohol motifs (C(OH)–C–C–N with tert-alkyl or cyclic N) is 2. The van der Waals surface area contributed by atoms with Crippen LogP contribution in [0.2, 0.25) is 0 Å². The van der Waals surface area contributed by atoms with Crippen molar-refractivity contribution in [1.29, 1.82) is 0 Å². The number of thiocarbonyl (C=S) groups is 1. The summed E-state index contributed by atoms with van der Waals surface area (Å²) in [7, 11) is 0. The normalized spacial score (nSPS) is 23.1. The molecule has 1 aliphatic heterocycles. The van der Waals surface area contributed by atoms with Gasteiger partial charge in [-0.25, -0.2) is 0 Å². The molecule has 1 heterocycles. The van der Waals surface area contributed by atoms with Crippen LogP contribution in [0, 0.1) is 0 Å². The summed E-state index contributed by atoms with van der Waals surface area (Å²) in [5, 5.41) is 18.9. The Morgan fingerprint density at radius 1 is 1.25 bits per heavy atom. The van der Waals surface area contributed by atoms with Crippen LogP contribution in [0.25, 0.3) is 0 Å². The van der Waals surface area contributed by atoms with Gasteiger partial charge >= 0.3 is 6.18 Å². The first-order valence-corrected chi connectivity index (χ1v) is 6.23. The van der Waals surface area contributed by atoms with Crippen molar-refractivity contribution in [3.8, 4) is 0 Å². The molecule has 0 aromatic heterocycles. The van der Waals surface area contributed by atoms with Crippen LogP contribution in [0.1, 0.15) is 11.1 Å². The zero-order valence-electron chi connectivity index (χ0n) is 10.3. The molecule has 0 spiro atoms. The molecular weight excluding hydrogens is 293 g/mol. The number of anilines is 1. The second-order valence-corrected chi connectivity index (χ2v) is 5.07. The van der Waals surface area contributed by atoms with E-state index in [-0.39, 0.29) is 29.3 Å². The van der Waals surface area contributed by atoms with Gasteiger partial charge in [-0.15, -0.1) is 0 Å². The van der Waals surface area contributed by atoms with E-state index in [1.807, 2.05) is 0 Å². The largest absolute Gasteiger partial charge is 0.417 e. The monoisotopic (exact) mass is 306 g/mol. The fourth-order valence-corrected chi connectivity index (χ4v) is 2.34. The minimum atomic E-state index is -4.58. The molecule has 0 saturated carbocycles. The highest BCUT2D eigenvalue weighted by Gasteiger charge is 2.36. The average molecular weight is 306 g/mol. The summed E-state index contributed by atoms with van der Waals surface area (Å²) < 4.78 is 39.0. The molecule has 1 aromatic carbocycles. The Hall–Kier alpha value is -1.38. The number of nitrogens with two attached hydrogens (primary N) is 1. The summed E-state index contributed by atoms with van der Waals surface area (Å²) in [6, 6.07) is 3.57. The van der Waals surface area contributed by atoms with Crippen molar-refractivity contribution in [3.63, 3.8) is 0 Å². The van der Waals surface area contributed by atoms with Crippen LogP contribution in [0.15, 0.2) is 18.2 Å². The van der Waals surface area contributed by atoms with E-state index in [4.69, 9.17) is 5.73 Å². The van der Waals surface area contributed by atoms with Gasteiger partial charge in [-0.2, -0.15) is 13.2 Å². The predicted molar refractivity (Wildman–Crippen MR) is 71.6 cm³/mol. The predicted octanol–water partition coefficient (Wildman–Crippen LogP) is 0.881. The molecule has 0 aliphatic carbocycles. The molecular formula is C12H13F3N2O2S. The van der Waals surface area contributed by atoms with Gasteiger partial charge in [-0.05, 0) is 18.2 Å². The molecule has 4 nitrogen and oxygen atoms in total. The van der Waals surface area contributed by atoms with Gasteiger partial charge in [0, 0.05) is 24.3 Å². The van der Waals surface area contributed by atoms with Crippen molar-refractivity contribution in [2.24, 2.45) is 5.73 Å². The Balaban J connectivity index is 2.40. The highest BCUT2D eigenvalue weighted by molar-refractivity contribution is 7.80. The van der Waals surface area contributed by atoms with Gasteiger partial charge in [0.05, 0.1) is 17.8 Å². The summed E-state index contributed by atoms with van der Waals surface area (Å²) in [5.41, 5.74) is 4.40. The van der Waals surface area contributed by atoms with E-state index in [0.717, 1.165) is 6.07 Å². The van der Waals surface area contributed by atoms with E-state index in [9.17, 15) is 23.4 Å². The molecule has 2 rings (SSSR count). The molecule has 4 N–H and O–H groups in total. The quantitative estimate of drug-likeness (QED) is 0.708. The van der Waals surface area contributed by atoms with E-state index < -0.39 is 23.9 Å². The van der Waals surface area contributed by atoms with Crippen molar-refractivity contribution < 1.29 is 23.4 Å². The number of aliphatic hydroxyl groups is 2. The number of hydrogen-bond donors (Lipinski definition) is 3. The molecule has 8 heteroatoms. The van der Waals surface area contributed by atoms with Gasteiger partial charge in [-0.1, -0.05) is 12.2 Å². The Bertz CT molecular complexity index is 526. The van der Waals surface area contributed by atoms with Crippen molar-refractivity contribution in [1.82, 2.24) is 0 Å². The third-order valence-electron chi connectivity index (χ3n) is 3.20. The van der Waals surface area contributed by atoms with E-state index in [1.165, 1.54) is 17.0 Å². The molecule has 1 saturated heterocycles. The number of nitrogens with zero attached hydrogens (tertiary/aromatic N) is 1. The van der Waals surface area contributed by atoms with Crippen LogP contribution < -0.4 is 10.6 Å². The lowest BCUT2D eigenvalue weighted by molar-refractivity contribution is -0.137. The van der Waals surface area contributed by atoms with E-state index >= 15 is 0 Å². The number of alkyl halides is 3.